The third-order valence-electron chi connectivity index (χ3n) is 2.15. The summed E-state index contributed by atoms with van der Waals surface area (Å²) in [5.74, 6) is 0.965. The maximum atomic E-state index is 5.58. The lowest BCUT2D eigenvalue weighted by atomic mass is 10.3. The lowest BCUT2D eigenvalue weighted by Crippen LogP contribution is -2.09. The predicted octanol–water partition coefficient (Wildman–Crippen LogP) is 1.10. The monoisotopic (exact) mass is 203 g/mol. The van der Waals surface area contributed by atoms with E-state index in [2.05, 4.69) is 35.5 Å². The van der Waals surface area contributed by atoms with Gasteiger partial charge in [-0.25, -0.2) is 9.98 Å². The van der Waals surface area contributed by atoms with Crippen LogP contribution in [0.5, 0.6) is 0 Å². The highest BCUT2D eigenvalue weighted by molar-refractivity contribution is 6.16. The van der Waals surface area contributed by atoms with Gasteiger partial charge in [0.25, 0.3) is 0 Å². The summed E-state index contributed by atoms with van der Waals surface area (Å²) >= 11 is 0. The number of hydrogen-bond donors (Lipinski definition) is 1. The Balaban J connectivity index is 2.32. The molecule has 0 unspecified atom stereocenters. The summed E-state index contributed by atoms with van der Waals surface area (Å²) < 4.78 is 1.85. The lowest BCUT2D eigenvalue weighted by molar-refractivity contribution is 0.532. The van der Waals surface area contributed by atoms with Gasteiger partial charge in [0.15, 0.2) is 11.7 Å². The largest absolute Gasteiger partial charge is 0.382 e. The molecule has 1 aromatic rings. The van der Waals surface area contributed by atoms with Gasteiger partial charge in [-0.3, -0.25) is 4.68 Å². The molecule has 0 amide bonds. The maximum Gasteiger partial charge on any atom is 0.165 e. The molecule has 0 fully saturated rings. The van der Waals surface area contributed by atoms with Crippen molar-refractivity contribution in [2.24, 2.45) is 15.7 Å². The van der Waals surface area contributed by atoms with Gasteiger partial charge in [-0.2, -0.15) is 5.10 Å². The van der Waals surface area contributed by atoms with Gasteiger partial charge in [-0.15, -0.1) is 0 Å². The van der Waals surface area contributed by atoms with Crippen molar-refractivity contribution in [2.45, 2.75) is 19.9 Å². The Morgan fingerprint density at radius 1 is 1.40 bits per heavy atom. The minimum Gasteiger partial charge on any atom is -0.382 e. The quantitative estimate of drug-likeness (QED) is 0.781. The van der Waals surface area contributed by atoms with Crippen molar-refractivity contribution >= 4 is 11.7 Å². The smallest absolute Gasteiger partial charge is 0.165 e. The van der Waals surface area contributed by atoms with Gasteiger partial charge in [0, 0.05) is 12.2 Å². The van der Waals surface area contributed by atoms with Gasteiger partial charge in [0.05, 0.1) is 11.8 Å². The van der Waals surface area contributed by atoms with E-state index < -0.39 is 0 Å². The molecule has 0 bridgehead atoms. The summed E-state index contributed by atoms with van der Waals surface area (Å²) in [5, 5.41) is 4.21. The molecule has 0 spiro atoms. The molecule has 5 nitrogen and oxygen atoms in total. The average Bonchev–Trinajstić information content (AvgIpc) is 2.74. The molecule has 1 aliphatic rings. The third-order valence-corrected chi connectivity index (χ3v) is 2.15. The molecule has 0 saturated heterocycles. The molecule has 1 aromatic heterocycles. The molecule has 0 aromatic carbocycles. The zero-order valence-electron chi connectivity index (χ0n) is 8.81. The molecular weight excluding hydrogens is 190 g/mol. The number of hydrogen-bond acceptors (Lipinski definition) is 4. The van der Waals surface area contributed by atoms with E-state index >= 15 is 0 Å². The van der Waals surface area contributed by atoms with Gasteiger partial charge in [-0.05, 0) is 13.8 Å². The van der Waals surface area contributed by atoms with Gasteiger partial charge < -0.3 is 5.73 Å². The number of rotatable bonds is 2. The Hall–Kier alpha value is -1.91. The van der Waals surface area contributed by atoms with Crippen LogP contribution in [0.2, 0.25) is 0 Å². The molecule has 0 aliphatic carbocycles. The molecule has 0 saturated carbocycles. The molecule has 5 heteroatoms. The highest BCUT2D eigenvalue weighted by atomic mass is 15.3. The van der Waals surface area contributed by atoms with Gasteiger partial charge in [0.2, 0.25) is 0 Å². The Morgan fingerprint density at radius 3 is 2.60 bits per heavy atom. The highest BCUT2D eigenvalue weighted by Crippen LogP contribution is 2.13. The first-order chi connectivity index (χ1) is 7.08. The van der Waals surface area contributed by atoms with Crippen molar-refractivity contribution < 1.29 is 0 Å². The van der Waals surface area contributed by atoms with Crippen LogP contribution >= 0.6 is 0 Å². The van der Waals surface area contributed by atoms with Crippen molar-refractivity contribution in [3.8, 4) is 0 Å². The summed E-state index contributed by atoms with van der Waals surface area (Å²) in [7, 11) is 0. The van der Waals surface area contributed by atoms with Crippen LogP contribution in [-0.4, -0.2) is 21.5 Å². The first-order valence-electron chi connectivity index (χ1n) is 4.74. The van der Waals surface area contributed by atoms with Crippen molar-refractivity contribution in [1.82, 2.24) is 9.78 Å². The van der Waals surface area contributed by atoms with Gasteiger partial charge in [0.1, 0.15) is 5.70 Å². The van der Waals surface area contributed by atoms with Crippen molar-refractivity contribution in [3.05, 3.63) is 30.2 Å². The van der Waals surface area contributed by atoms with E-state index in [0.29, 0.717) is 23.4 Å². The van der Waals surface area contributed by atoms with E-state index in [1.165, 1.54) is 0 Å². The van der Waals surface area contributed by atoms with Crippen LogP contribution in [-0.2, 0) is 0 Å². The van der Waals surface area contributed by atoms with E-state index in [9.17, 15) is 0 Å². The molecular formula is C10H13N5. The number of nitrogens with zero attached hydrogens (tertiary/aromatic N) is 4. The number of aromatic nitrogens is 2. The molecule has 78 valence electrons. The van der Waals surface area contributed by atoms with Crippen molar-refractivity contribution in [3.63, 3.8) is 0 Å². The van der Waals surface area contributed by atoms with Crippen LogP contribution in [0.15, 0.2) is 34.7 Å². The molecule has 0 radical (unpaired) electrons. The van der Waals surface area contributed by atoms with Crippen LogP contribution in [0.25, 0.3) is 0 Å². The lowest BCUT2D eigenvalue weighted by Gasteiger charge is -2.02. The third kappa shape index (κ3) is 1.68. The molecule has 15 heavy (non-hydrogen) atoms. The van der Waals surface area contributed by atoms with E-state index in [1.807, 2.05) is 10.9 Å². The first kappa shape index (κ1) is 9.64. The normalized spacial score (nSPS) is 15.8. The minimum absolute atomic E-state index is 0.324. The van der Waals surface area contributed by atoms with Crippen LogP contribution in [0.3, 0.4) is 0 Å². The van der Waals surface area contributed by atoms with Crippen molar-refractivity contribution in [1.29, 1.82) is 0 Å². The number of nitrogens with two attached hydrogens (primary N) is 1. The predicted molar refractivity (Wildman–Crippen MR) is 59.9 cm³/mol. The molecule has 2 rings (SSSR count). The van der Waals surface area contributed by atoms with Crippen LogP contribution in [0, 0.1) is 0 Å². The van der Waals surface area contributed by atoms with Gasteiger partial charge >= 0.3 is 0 Å². The van der Waals surface area contributed by atoms with Gasteiger partial charge in [-0.1, -0.05) is 6.58 Å². The number of amidine groups is 2. The Kier molecular flexibility index (Phi) is 2.15. The van der Waals surface area contributed by atoms with E-state index in [1.54, 1.807) is 6.20 Å². The first-order valence-corrected chi connectivity index (χ1v) is 4.74. The summed E-state index contributed by atoms with van der Waals surface area (Å²) in [6.07, 6.45) is 3.63. The fourth-order valence-electron chi connectivity index (χ4n) is 1.25. The second-order valence-electron chi connectivity index (χ2n) is 3.68. The summed E-state index contributed by atoms with van der Waals surface area (Å²) in [5.41, 5.74) is 6.96. The fourth-order valence-corrected chi connectivity index (χ4v) is 1.25. The fraction of sp³-hybridized carbons (Fsp3) is 0.300. The topological polar surface area (TPSA) is 68.6 Å². The zero-order valence-corrected chi connectivity index (χ0v) is 8.81. The highest BCUT2D eigenvalue weighted by Gasteiger charge is 2.14. The Morgan fingerprint density at radius 2 is 2.13 bits per heavy atom. The van der Waals surface area contributed by atoms with E-state index in [-0.39, 0.29) is 0 Å². The van der Waals surface area contributed by atoms with Crippen molar-refractivity contribution in [2.75, 3.05) is 0 Å². The van der Waals surface area contributed by atoms with E-state index in [0.717, 1.165) is 5.56 Å². The summed E-state index contributed by atoms with van der Waals surface area (Å²) in [6, 6.07) is 0.324. The number of aliphatic imine (C=N–C) groups is 2. The molecule has 0 atom stereocenters. The van der Waals surface area contributed by atoms with Crippen LogP contribution in [0.4, 0.5) is 0 Å². The maximum absolute atomic E-state index is 5.58. The Bertz CT molecular complexity index is 464. The molecule has 1 aliphatic heterocycles. The van der Waals surface area contributed by atoms with Crippen LogP contribution in [0.1, 0.15) is 25.5 Å². The zero-order chi connectivity index (χ0) is 11.0. The van der Waals surface area contributed by atoms with E-state index in [4.69, 9.17) is 5.73 Å². The van der Waals surface area contributed by atoms with Crippen LogP contribution < -0.4 is 5.73 Å². The summed E-state index contributed by atoms with van der Waals surface area (Å²) in [4.78, 5) is 8.26. The molecule has 2 N–H and O–H groups in total. The Labute approximate surface area is 88.0 Å². The average molecular weight is 203 g/mol. The second-order valence-corrected chi connectivity index (χ2v) is 3.68. The second kappa shape index (κ2) is 3.34. The summed E-state index contributed by atoms with van der Waals surface area (Å²) in [6.45, 7) is 7.80. The molecule has 2 heterocycles. The standard InChI is InChI=1S/C10H13N5/c1-6(2)15-5-8(4-12-15)10-13-7(3)9(11)14-10/h4-6H,3H2,1-2H3,(H2,11,13,14). The minimum atomic E-state index is 0.324. The SMILES string of the molecule is C=C1N=C(c2cnn(C(C)C)c2)N=C1N.